The van der Waals surface area contributed by atoms with Gasteiger partial charge in [0.05, 0.1) is 20.3 Å². The molecule has 5 nitrogen and oxygen atoms in total. The van der Waals surface area contributed by atoms with Crippen molar-refractivity contribution in [2.75, 3.05) is 58.5 Å². The van der Waals surface area contributed by atoms with Crippen molar-refractivity contribution in [1.82, 2.24) is 4.90 Å². The van der Waals surface area contributed by atoms with Gasteiger partial charge in [-0.25, -0.2) is 0 Å². The van der Waals surface area contributed by atoms with Crippen molar-refractivity contribution in [2.45, 2.75) is 6.54 Å². The fourth-order valence-corrected chi connectivity index (χ4v) is 3.86. The van der Waals surface area contributed by atoms with Gasteiger partial charge in [-0.2, -0.15) is 0 Å². The molecule has 2 aromatic rings. The van der Waals surface area contributed by atoms with Crippen LogP contribution in [0.15, 0.2) is 48.0 Å². The maximum absolute atomic E-state index is 5.95. The lowest BCUT2D eigenvalue weighted by Gasteiger charge is -2.31. The first-order chi connectivity index (χ1) is 13.7. The molecule has 5 heteroatoms. The topological polar surface area (TPSA) is 34.2 Å². The lowest BCUT2D eigenvalue weighted by atomic mass is 10.1. The van der Waals surface area contributed by atoms with Crippen molar-refractivity contribution in [3.05, 3.63) is 59.2 Å². The maximum Gasteiger partial charge on any atom is 0.130 e. The van der Waals surface area contributed by atoms with Crippen molar-refractivity contribution in [3.63, 3.8) is 0 Å². The summed E-state index contributed by atoms with van der Waals surface area (Å²) >= 11 is 0. The first-order valence-corrected chi connectivity index (χ1v) is 9.82. The Balaban J connectivity index is 1.43. The van der Waals surface area contributed by atoms with Gasteiger partial charge in [0.15, 0.2) is 0 Å². The third kappa shape index (κ3) is 4.32. The van der Waals surface area contributed by atoms with Crippen LogP contribution in [0, 0.1) is 0 Å². The monoisotopic (exact) mass is 380 g/mol. The summed E-state index contributed by atoms with van der Waals surface area (Å²) < 4.78 is 16.7. The van der Waals surface area contributed by atoms with Crippen molar-refractivity contribution in [2.24, 2.45) is 0 Å². The Morgan fingerprint density at radius 3 is 2.71 bits per heavy atom. The Hall–Kier alpha value is -2.50. The molecule has 28 heavy (non-hydrogen) atoms. The highest BCUT2D eigenvalue weighted by molar-refractivity contribution is 5.64. The lowest BCUT2D eigenvalue weighted by Crippen LogP contribution is -2.37. The summed E-state index contributed by atoms with van der Waals surface area (Å²) in [4.78, 5) is 4.78. The van der Waals surface area contributed by atoms with Crippen molar-refractivity contribution in [1.29, 1.82) is 0 Å². The van der Waals surface area contributed by atoms with Crippen LogP contribution in [0.2, 0.25) is 0 Å². The second-order valence-electron chi connectivity index (χ2n) is 7.40. The van der Waals surface area contributed by atoms with Crippen LogP contribution in [0.4, 0.5) is 5.69 Å². The van der Waals surface area contributed by atoms with Crippen LogP contribution in [0.3, 0.4) is 0 Å². The SMILES string of the molecule is COc1ccc2c(c1)OCC(CN(C)Cc1ccccc1N1CCOCC1)=C2. The fraction of sp³-hybridized carbons (Fsp3) is 0.391. The van der Waals surface area contributed by atoms with Gasteiger partial charge in [0.1, 0.15) is 18.1 Å². The van der Waals surface area contributed by atoms with E-state index in [1.165, 1.54) is 16.8 Å². The van der Waals surface area contributed by atoms with Gasteiger partial charge in [0.25, 0.3) is 0 Å². The molecule has 0 saturated carbocycles. The molecule has 1 fully saturated rings. The minimum Gasteiger partial charge on any atom is -0.497 e. The normalized spacial score (nSPS) is 16.4. The zero-order valence-electron chi connectivity index (χ0n) is 16.7. The molecule has 2 aliphatic rings. The molecular weight excluding hydrogens is 352 g/mol. The Bertz CT molecular complexity index is 843. The molecule has 0 radical (unpaired) electrons. The molecule has 0 amide bonds. The molecule has 0 spiro atoms. The number of methoxy groups -OCH3 is 1. The summed E-state index contributed by atoms with van der Waals surface area (Å²) in [6.45, 7) is 5.93. The van der Waals surface area contributed by atoms with E-state index in [1.54, 1.807) is 7.11 Å². The highest BCUT2D eigenvalue weighted by Gasteiger charge is 2.17. The Morgan fingerprint density at radius 1 is 1.07 bits per heavy atom. The Morgan fingerprint density at radius 2 is 1.89 bits per heavy atom. The Labute approximate surface area is 167 Å². The van der Waals surface area contributed by atoms with Gasteiger partial charge >= 0.3 is 0 Å². The fourth-order valence-electron chi connectivity index (χ4n) is 3.86. The third-order valence-electron chi connectivity index (χ3n) is 5.25. The molecule has 4 rings (SSSR count). The minimum absolute atomic E-state index is 0.621. The molecule has 0 unspecified atom stereocenters. The average Bonchev–Trinajstić information content (AvgIpc) is 2.74. The molecule has 2 heterocycles. The number of hydrogen-bond acceptors (Lipinski definition) is 5. The highest BCUT2D eigenvalue weighted by Crippen LogP contribution is 2.30. The van der Waals surface area contributed by atoms with Crippen LogP contribution in [-0.4, -0.2) is 58.5 Å². The number of para-hydroxylation sites is 1. The van der Waals surface area contributed by atoms with Crippen molar-refractivity contribution >= 4 is 11.8 Å². The molecular formula is C23H28N2O3. The van der Waals surface area contributed by atoms with E-state index < -0.39 is 0 Å². The van der Waals surface area contributed by atoms with E-state index in [4.69, 9.17) is 14.2 Å². The summed E-state index contributed by atoms with van der Waals surface area (Å²) in [6.07, 6.45) is 2.24. The van der Waals surface area contributed by atoms with Gasteiger partial charge in [-0.1, -0.05) is 18.2 Å². The van der Waals surface area contributed by atoms with E-state index in [0.717, 1.165) is 56.5 Å². The largest absolute Gasteiger partial charge is 0.497 e. The quantitative estimate of drug-likeness (QED) is 0.767. The molecule has 0 aliphatic carbocycles. The van der Waals surface area contributed by atoms with Gasteiger partial charge in [0.2, 0.25) is 0 Å². The van der Waals surface area contributed by atoms with Crippen LogP contribution in [-0.2, 0) is 11.3 Å². The van der Waals surface area contributed by atoms with E-state index in [9.17, 15) is 0 Å². The molecule has 0 atom stereocenters. The van der Waals surface area contributed by atoms with Crippen LogP contribution >= 0.6 is 0 Å². The van der Waals surface area contributed by atoms with Crippen LogP contribution in [0.1, 0.15) is 11.1 Å². The summed E-state index contributed by atoms with van der Waals surface area (Å²) in [6, 6.07) is 14.7. The number of benzene rings is 2. The lowest BCUT2D eigenvalue weighted by molar-refractivity contribution is 0.122. The van der Waals surface area contributed by atoms with Crippen LogP contribution in [0.5, 0.6) is 11.5 Å². The molecule has 0 N–H and O–H groups in total. The molecule has 1 saturated heterocycles. The maximum atomic E-state index is 5.95. The van der Waals surface area contributed by atoms with E-state index in [1.807, 2.05) is 12.1 Å². The van der Waals surface area contributed by atoms with Gasteiger partial charge < -0.3 is 19.1 Å². The summed E-state index contributed by atoms with van der Waals surface area (Å²) in [5, 5.41) is 0. The Kier molecular flexibility index (Phi) is 5.84. The zero-order valence-corrected chi connectivity index (χ0v) is 16.7. The number of likely N-dealkylation sites (N-methyl/N-ethyl adjacent to an activating group) is 1. The molecule has 2 aromatic carbocycles. The second kappa shape index (κ2) is 8.67. The smallest absolute Gasteiger partial charge is 0.130 e. The predicted molar refractivity (Wildman–Crippen MR) is 112 cm³/mol. The van der Waals surface area contributed by atoms with Gasteiger partial charge in [-0.05, 0) is 42.5 Å². The molecule has 148 valence electrons. The van der Waals surface area contributed by atoms with Gasteiger partial charge in [0, 0.05) is 43.5 Å². The van der Waals surface area contributed by atoms with Crippen LogP contribution < -0.4 is 14.4 Å². The molecule has 0 aromatic heterocycles. The number of nitrogens with zero attached hydrogens (tertiary/aromatic N) is 2. The second-order valence-corrected chi connectivity index (χ2v) is 7.40. The number of morpholine rings is 1. The third-order valence-corrected chi connectivity index (χ3v) is 5.25. The summed E-state index contributed by atoms with van der Waals surface area (Å²) in [5.41, 5.74) is 5.08. The van der Waals surface area contributed by atoms with Crippen molar-refractivity contribution < 1.29 is 14.2 Å². The summed E-state index contributed by atoms with van der Waals surface area (Å²) in [5.74, 6) is 1.72. The van der Waals surface area contributed by atoms with Gasteiger partial charge in [-0.3, -0.25) is 4.90 Å². The number of rotatable bonds is 6. The van der Waals surface area contributed by atoms with E-state index in [2.05, 4.69) is 53.3 Å². The molecule has 2 aliphatic heterocycles. The zero-order chi connectivity index (χ0) is 19.3. The van der Waals surface area contributed by atoms with E-state index >= 15 is 0 Å². The van der Waals surface area contributed by atoms with E-state index in [-0.39, 0.29) is 0 Å². The van der Waals surface area contributed by atoms with Crippen LogP contribution in [0.25, 0.3) is 6.08 Å². The predicted octanol–water partition coefficient (Wildman–Crippen LogP) is 3.44. The minimum atomic E-state index is 0.621. The standard InChI is InChI=1S/C23H28N2O3/c1-24(15-18-13-19-7-8-21(26-2)14-23(19)28-17-18)16-20-5-3-4-6-22(20)25-9-11-27-12-10-25/h3-8,13-14H,9-12,15-17H2,1-2H3. The first-order valence-electron chi connectivity index (χ1n) is 9.82. The number of fused-ring (bicyclic) bond motifs is 1. The molecule has 0 bridgehead atoms. The number of hydrogen-bond donors (Lipinski definition) is 0. The van der Waals surface area contributed by atoms with Crippen molar-refractivity contribution in [3.8, 4) is 11.5 Å². The van der Waals surface area contributed by atoms with Gasteiger partial charge in [-0.15, -0.1) is 0 Å². The average molecular weight is 380 g/mol. The first kappa shape index (κ1) is 18.8. The van der Waals surface area contributed by atoms with E-state index in [0.29, 0.717) is 6.61 Å². The summed E-state index contributed by atoms with van der Waals surface area (Å²) in [7, 11) is 3.84. The number of ether oxygens (including phenoxy) is 3. The highest BCUT2D eigenvalue weighted by atomic mass is 16.5. The number of anilines is 1.